The third kappa shape index (κ3) is 4.25. The van der Waals surface area contributed by atoms with Gasteiger partial charge in [-0.05, 0) is 31.9 Å². The molecule has 0 aliphatic carbocycles. The lowest BCUT2D eigenvalue weighted by Crippen LogP contribution is -2.46. The molecule has 1 saturated heterocycles. The number of carbonyl (C=O) groups excluding carboxylic acids is 1. The second-order valence-corrected chi connectivity index (χ2v) is 5.94. The molecule has 2 heterocycles. The van der Waals surface area contributed by atoms with Crippen molar-refractivity contribution in [2.24, 2.45) is 0 Å². The second-order valence-electron chi connectivity index (χ2n) is 5.29. The van der Waals surface area contributed by atoms with Gasteiger partial charge in [0.25, 0.3) is 0 Å². The Balaban J connectivity index is 1.90. The molecular formula is C14H17ClF3N3O. The van der Waals surface area contributed by atoms with Crippen LogP contribution in [0.25, 0.3) is 0 Å². The summed E-state index contributed by atoms with van der Waals surface area (Å²) in [5, 5.41) is 2.28. The fourth-order valence-electron chi connectivity index (χ4n) is 2.31. The van der Waals surface area contributed by atoms with Gasteiger partial charge in [-0.3, -0.25) is 4.79 Å². The fraction of sp³-hybridized carbons (Fsp3) is 0.571. The van der Waals surface area contributed by atoms with Crippen molar-refractivity contribution >= 4 is 23.3 Å². The van der Waals surface area contributed by atoms with Gasteiger partial charge in [-0.25, -0.2) is 4.98 Å². The SMILES string of the molecule is CC(Cl)C(=O)NC1CCN(c2ccc(C(F)(F)F)cn2)CC1. The maximum atomic E-state index is 12.5. The van der Waals surface area contributed by atoms with E-state index in [2.05, 4.69) is 10.3 Å². The molecule has 2 rings (SSSR count). The lowest BCUT2D eigenvalue weighted by atomic mass is 10.0. The Hall–Kier alpha value is -1.50. The Morgan fingerprint density at radius 2 is 2.05 bits per heavy atom. The van der Waals surface area contributed by atoms with E-state index >= 15 is 0 Å². The minimum atomic E-state index is -4.37. The summed E-state index contributed by atoms with van der Waals surface area (Å²) in [7, 11) is 0. The average molecular weight is 336 g/mol. The number of pyridine rings is 1. The monoisotopic (exact) mass is 335 g/mol. The molecule has 4 nitrogen and oxygen atoms in total. The summed E-state index contributed by atoms with van der Waals surface area (Å²) in [6, 6.07) is 2.45. The maximum Gasteiger partial charge on any atom is 0.417 e. The van der Waals surface area contributed by atoms with Crippen molar-refractivity contribution in [1.29, 1.82) is 0 Å². The first kappa shape index (κ1) is 16.9. The van der Waals surface area contributed by atoms with Crippen LogP contribution in [-0.2, 0) is 11.0 Å². The summed E-state index contributed by atoms with van der Waals surface area (Å²) in [5.41, 5.74) is -0.755. The molecule has 1 amide bonds. The Bertz CT molecular complexity index is 511. The lowest BCUT2D eigenvalue weighted by molar-refractivity contribution is -0.137. The third-order valence-corrected chi connectivity index (χ3v) is 3.80. The Kier molecular flexibility index (Phi) is 5.16. The second kappa shape index (κ2) is 6.73. The Morgan fingerprint density at radius 3 is 2.50 bits per heavy atom. The molecule has 1 atom stereocenters. The zero-order chi connectivity index (χ0) is 16.3. The van der Waals surface area contributed by atoms with Crippen LogP contribution in [0.15, 0.2) is 18.3 Å². The van der Waals surface area contributed by atoms with Crippen LogP contribution in [0.2, 0.25) is 0 Å². The van der Waals surface area contributed by atoms with E-state index < -0.39 is 17.1 Å². The molecule has 1 N–H and O–H groups in total. The van der Waals surface area contributed by atoms with Gasteiger partial charge in [0.1, 0.15) is 11.2 Å². The Labute approximate surface area is 131 Å². The largest absolute Gasteiger partial charge is 0.417 e. The molecule has 0 aromatic carbocycles. The summed E-state index contributed by atoms with van der Waals surface area (Å²) >= 11 is 5.70. The summed E-state index contributed by atoms with van der Waals surface area (Å²) in [5.74, 6) is 0.316. The molecule has 0 saturated carbocycles. The molecular weight excluding hydrogens is 319 g/mol. The van der Waals surface area contributed by atoms with Crippen LogP contribution >= 0.6 is 11.6 Å². The van der Waals surface area contributed by atoms with Crippen LogP contribution in [0.1, 0.15) is 25.3 Å². The van der Waals surface area contributed by atoms with Gasteiger partial charge in [0.2, 0.25) is 5.91 Å². The van der Waals surface area contributed by atoms with Gasteiger partial charge in [-0.15, -0.1) is 11.6 Å². The van der Waals surface area contributed by atoms with E-state index in [1.165, 1.54) is 6.07 Å². The first-order valence-corrected chi connectivity index (χ1v) is 7.43. The molecule has 1 aliphatic rings. The number of nitrogens with one attached hydrogen (secondary N) is 1. The maximum absolute atomic E-state index is 12.5. The van der Waals surface area contributed by atoms with Gasteiger partial charge in [0.15, 0.2) is 0 Å². The average Bonchev–Trinajstić information content (AvgIpc) is 2.47. The number of amides is 1. The minimum absolute atomic E-state index is 0.0411. The zero-order valence-electron chi connectivity index (χ0n) is 12.0. The van der Waals surface area contributed by atoms with E-state index in [4.69, 9.17) is 11.6 Å². The third-order valence-electron chi connectivity index (χ3n) is 3.60. The van der Waals surface area contributed by atoms with Crippen LogP contribution in [0.3, 0.4) is 0 Å². The van der Waals surface area contributed by atoms with Crippen molar-refractivity contribution in [2.45, 2.75) is 37.4 Å². The predicted molar refractivity (Wildman–Crippen MR) is 77.9 cm³/mol. The van der Waals surface area contributed by atoms with Crippen LogP contribution in [0.4, 0.5) is 19.0 Å². The smallest absolute Gasteiger partial charge is 0.356 e. The van der Waals surface area contributed by atoms with Gasteiger partial charge >= 0.3 is 6.18 Å². The van der Waals surface area contributed by atoms with E-state index in [-0.39, 0.29) is 11.9 Å². The van der Waals surface area contributed by atoms with Crippen LogP contribution in [0, 0.1) is 0 Å². The molecule has 1 unspecified atom stereocenters. The van der Waals surface area contributed by atoms with E-state index in [1.54, 1.807) is 6.92 Å². The lowest BCUT2D eigenvalue weighted by Gasteiger charge is -2.33. The van der Waals surface area contributed by atoms with E-state index in [1.807, 2.05) is 4.90 Å². The number of hydrogen-bond donors (Lipinski definition) is 1. The van der Waals surface area contributed by atoms with E-state index in [9.17, 15) is 18.0 Å². The molecule has 1 fully saturated rings. The number of alkyl halides is 4. The molecule has 0 radical (unpaired) electrons. The number of hydrogen-bond acceptors (Lipinski definition) is 3. The van der Waals surface area contributed by atoms with Crippen molar-refractivity contribution in [3.63, 3.8) is 0 Å². The highest BCUT2D eigenvalue weighted by Gasteiger charge is 2.31. The highest BCUT2D eigenvalue weighted by molar-refractivity contribution is 6.30. The van der Waals surface area contributed by atoms with Crippen LogP contribution in [0.5, 0.6) is 0 Å². The van der Waals surface area contributed by atoms with Gasteiger partial charge in [-0.1, -0.05) is 0 Å². The standard InChI is InChI=1S/C14H17ClF3N3O/c1-9(15)13(22)20-11-4-6-21(7-5-11)12-3-2-10(8-19-12)14(16,17)18/h2-3,8-9,11H,4-7H2,1H3,(H,20,22). The molecule has 8 heteroatoms. The number of carbonyl (C=O) groups is 1. The van der Waals surface area contributed by atoms with Crippen LogP contribution < -0.4 is 10.2 Å². The number of halogens is 4. The molecule has 22 heavy (non-hydrogen) atoms. The number of anilines is 1. The number of aromatic nitrogens is 1. The van der Waals surface area contributed by atoms with Crippen LogP contribution in [-0.4, -0.2) is 35.4 Å². The topological polar surface area (TPSA) is 45.2 Å². The van der Waals surface area contributed by atoms with Crippen molar-refractivity contribution in [3.8, 4) is 0 Å². The molecule has 0 spiro atoms. The summed E-state index contributed by atoms with van der Waals surface area (Å²) in [6.45, 7) is 2.86. The van der Waals surface area contributed by atoms with Gasteiger partial charge < -0.3 is 10.2 Å². The van der Waals surface area contributed by atoms with Gasteiger partial charge in [0.05, 0.1) is 5.56 Å². The normalized spacial score (nSPS) is 18.1. The summed E-state index contributed by atoms with van der Waals surface area (Å²) in [4.78, 5) is 17.3. The minimum Gasteiger partial charge on any atom is -0.356 e. The van der Waals surface area contributed by atoms with Gasteiger partial charge in [0, 0.05) is 25.3 Å². The van der Waals surface area contributed by atoms with Crippen molar-refractivity contribution in [3.05, 3.63) is 23.9 Å². The van der Waals surface area contributed by atoms with Crippen molar-refractivity contribution in [2.75, 3.05) is 18.0 Å². The highest BCUT2D eigenvalue weighted by atomic mass is 35.5. The molecule has 122 valence electrons. The molecule has 1 aromatic heterocycles. The predicted octanol–water partition coefficient (Wildman–Crippen LogP) is 2.81. The van der Waals surface area contributed by atoms with Gasteiger partial charge in [-0.2, -0.15) is 13.2 Å². The quantitative estimate of drug-likeness (QED) is 0.864. The fourth-order valence-corrected chi connectivity index (χ4v) is 2.37. The zero-order valence-corrected chi connectivity index (χ0v) is 12.8. The molecule has 1 aromatic rings. The van der Waals surface area contributed by atoms with Crippen molar-refractivity contribution in [1.82, 2.24) is 10.3 Å². The summed E-state index contributed by atoms with van der Waals surface area (Å²) < 4.78 is 37.5. The molecule has 0 bridgehead atoms. The number of nitrogens with zero attached hydrogens (tertiary/aromatic N) is 2. The number of piperidine rings is 1. The Morgan fingerprint density at radius 1 is 1.41 bits per heavy atom. The highest BCUT2D eigenvalue weighted by Crippen LogP contribution is 2.29. The summed E-state index contributed by atoms with van der Waals surface area (Å²) in [6.07, 6.45) is -2.12. The first-order valence-electron chi connectivity index (χ1n) is 7.00. The van der Waals surface area contributed by atoms with E-state index in [0.29, 0.717) is 31.7 Å². The van der Waals surface area contributed by atoms with Crippen molar-refractivity contribution < 1.29 is 18.0 Å². The molecule has 1 aliphatic heterocycles. The first-order chi connectivity index (χ1) is 10.3. The van der Waals surface area contributed by atoms with E-state index in [0.717, 1.165) is 12.3 Å². The number of rotatable bonds is 3.